The molecule has 0 amide bonds. The lowest BCUT2D eigenvalue weighted by molar-refractivity contribution is 1.47. The Labute approximate surface area is 144 Å². The summed E-state index contributed by atoms with van der Waals surface area (Å²) in [6, 6.07) is 16.8. The molecular weight excluding hydrogens is 346 g/mol. The standard InChI is InChI=1S/C10H6Cl2.C7H6Cl2/c11-9-5-6-10(12)8-4-2-1-3-7(8)9;1-5-4-6(8)2-3-7(5)9/h1-6H;2-4H,1H3. The summed E-state index contributed by atoms with van der Waals surface area (Å²) < 4.78 is 0. The first kappa shape index (κ1) is 16.5. The third-order valence-corrected chi connectivity index (χ3v) is 4.26. The minimum Gasteiger partial charge on any atom is -0.0843 e. The van der Waals surface area contributed by atoms with Crippen molar-refractivity contribution in [1.82, 2.24) is 0 Å². The van der Waals surface area contributed by atoms with Gasteiger partial charge in [-0.1, -0.05) is 70.7 Å². The Morgan fingerprint density at radius 1 is 0.619 bits per heavy atom. The Balaban J connectivity index is 0.000000161. The van der Waals surface area contributed by atoms with Crippen LogP contribution in [0.15, 0.2) is 54.6 Å². The lowest BCUT2D eigenvalue weighted by atomic mass is 10.1. The normalized spacial score (nSPS) is 10.1. The molecule has 108 valence electrons. The number of hydrogen-bond donors (Lipinski definition) is 0. The van der Waals surface area contributed by atoms with Gasteiger partial charge in [-0.2, -0.15) is 0 Å². The van der Waals surface area contributed by atoms with Crippen LogP contribution in [0.5, 0.6) is 0 Å². The van der Waals surface area contributed by atoms with Gasteiger partial charge in [0.2, 0.25) is 0 Å². The molecule has 21 heavy (non-hydrogen) atoms. The Hall–Kier alpha value is -0.920. The summed E-state index contributed by atoms with van der Waals surface area (Å²) in [4.78, 5) is 0. The van der Waals surface area contributed by atoms with Gasteiger partial charge in [-0.15, -0.1) is 0 Å². The minimum atomic E-state index is 0.733. The molecule has 0 aliphatic carbocycles. The second-order valence-electron chi connectivity index (χ2n) is 4.47. The average molecular weight is 358 g/mol. The van der Waals surface area contributed by atoms with Gasteiger partial charge in [0, 0.05) is 30.9 Å². The van der Waals surface area contributed by atoms with Crippen molar-refractivity contribution >= 4 is 57.2 Å². The van der Waals surface area contributed by atoms with Crippen LogP contribution in [0.4, 0.5) is 0 Å². The molecule has 0 radical (unpaired) electrons. The summed E-state index contributed by atoms with van der Waals surface area (Å²) in [5, 5.41) is 5.00. The van der Waals surface area contributed by atoms with Crippen LogP contribution in [0, 0.1) is 6.92 Å². The van der Waals surface area contributed by atoms with Crippen molar-refractivity contribution in [2.24, 2.45) is 0 Å². The van der Waals surface area contributed by atoms with Gasteiger partial charge in [0.25, 0.3) is 0 Å². The fourth-order valence-corrected chi connectivity index (χ4v) is 2.63. The molecule has 3 aromatic rings. The van der Waals surface area contributed by atoms with E-state index in [1.54, 1.807) is 12.1 Å². The Morgan fingerprint density at radius 3 is 1.52 bits per heavy atom. The van der Waals surface area contributed by atoms with Gasteiger partial charge in [-0.3, -0.25) is 0 Å². The summed E-state index contributed by atoms with van der Waals surface area (Å²) in [5.41, 5.74) is 1.02. The van der Waals surface area contributed by atoms with Gasteiger partial charge < -0.3 is 0 Å². The topological polar surface area (TPSA) is 0 Å². The minimum absolute atomic E-state index is 0.733. The molecule has 0 atom stereocenters. The van der Waals surface area contributed by atoms with Gasteiger partial charge in [0.15, 0.2) is 0 Å². The summed E-state index contributed by atoms with van der Waals surface area (Å²) in [5.74, 6) is 0. The van der Waals surface area contributed by atoms with E-state index in [4.69, 9.17) is 46.4 Å². The molecule has 4 heteroatoms. The maximum atomic E-state index is 5.97. The van der Waals surface area contributed by atoms with Gasteiger partial charge in [0.1, 0.15) is 0 Å². The SMILES string of the molecule is Cc1cc(Cl)ccc1Cl.Clc1ccc(Cl)c2ccccc12. The van der Waals surface area contributed by atoms with E-state index in [0.29, 0.717) is 0 Å². The van der Waals surface area contributed by atoms with Crippen LogP contribution in [0.3, 0.4) is 0 Å². The van der Waals surface area contributed by atoms with Crippen molar-refractivity contribution in [3.8, 4) is 0 Å². The highest BCUT2D eigenvalue weighted by molar-refractivity contribution is 6.40. The van der Waals surface area contributed by atoms with Crippen molar-refractivity contribution in [2.75, 3.05) is 0 Å². The molecule has 0 saturated heterocycles. The lowest BCUT2D eigenvalue weighted by Crippen LogP contribution is -1.74. The Morgan fingerprint density at radius 2 is 1.10 bits per heavy atom. The van der Waals surface area contributed by atoms with Crippen LogP contribution in [0.1, 0.15) is 5.56 Å². The predicted octanol–water partition coefficient (Wildman–Crippen LogP) is 7.45. The number of fused-ring (bicyclic) bond motifs is 1. The molecule has 0 nitrogen and oxygen atoms in total. The second-order valence-corrected chi connectivity index (χ2v) is 6.13. The number of benzene rings is 3. The van der Waals surface area contributed by atoms with Crippen LogP contribution in [0.2, 0.25) is 20.1 Å². The first-order chi connectivity index (χ1) is 9.99. The van der Waals surface area contributed by atoms with E-state index in [-0.39, 0.29) is 0 Å². The third-order valence-electron chi connectivity index (χ3n) is 2.94. The molecule has 0 N–H and O–H groups in total. The fraction of sp³-hybridized carbons (Fsp3) is 0.0588. The number of halogens is 4. The predicted molar refractivity (Wildman–Crippen MR) is 95.2 cm³/mol. The molecule has 0 spiro atoms. The molecule has 0 aliphatic heterocycles. The molecule has 0 bridgehead atoms. The van der Waals surface area contributed by atoms with Crippen molar-refractivity contribution < 1.29 is 0 Å². The van der Waals surface area contributed by atoms with E-state index in [0.717, 1.165) is 36.4 Å². The first-order valence-electron chi connectivity index (χ1n) is 6.23. The van der Waals surface area contributed by atoms with E-state index in [9.17, 15) is 0 Å². The van der Waals surface area contributed by atoms with Gasteiger partial charge >= 0.3 is 0 Å². The van der Waals surface area contributed by atoms with Crippen LogP contribution < -0.4 is 0 Å². The molecule has 0 unspecified atom stereocenters. The molecular formula is C17H12Cl4. The van der Waals surface area contributed by atoms with Crippen molar-refractivity contribution in [1.29, 1.82) is 0 Å². The van der Waals surface area contributed by atoms with Crippen LogP contribution >= 0.6 is 46.4 Å². The average Bonchev–Trinajstić information content (AvgIpc) is 2.48. The maximum absolute atomic E-state index is 5.97. The second kappa shape index (κ2) is 7.38. The van der Waals surface area contributed by atoms with Crippen LogP contribution in [0.25, 0.3) is 10.8 Å². The highest BCUT2D eigenvalue weighted by Crippen LogP contribution is 2.28. The molecule has 0 aliphatic rings. The first-order valence-corrected chi connectivity index (χ1v) is 7.74. The van der Waals surface area contributed by atoms with Crippen molar-refractivity contribution in [2.45, 2.75) is 6.92 Å². The van der Waals surface area contributed by atoms with Gasteiger partial charge in [-0.05, 0) is 42.8 Å². The summed E-state index contributed by atoms with van der Waals surface area (Å²) in [6.45, 7) is 1.92. The monoisotopic (exact) mass is 356 g/mol. The van der Waals surface area contributed by atoms with E-state index in [2.05, 4.69) is 0 Å². The number of rotatable bonds is 0. The van der Waals surface area contributed by atoms with Gasteiger partial charge in [-0.25, -0.2) is 0 Å². The summed E-state index contributed by atoms with van der Waals surface area (Å²) in [7, 11) is 0. The third kappa shape index (κ3) is 4.28. The fourth-order valence-electron chi connectivity index (χ4n) is 1.83. The van der Waals surface area contributed by atoms with Crippen LogP contribution in [-0.4, -0.2) is 0 Å². The molecule has 3 rings (SSSR count). The number of hydrogen-bond acceptors (Lipinski definition) is 0. The highest BCUT2D eigenvalue weighted by Gasteiger charge is 2.00. The van der Waals surface area contributed by atoms with E-state index < -0.39 is 0 Å². The molecule has 0 heterocycles. The van der Waals surface area contributed by atoms with E-state index >= 15 is 0 Å². The maximum Gasteiger partial charge on any atom is 0.0485 e. The zero-order valence-corrected chi connectivity index (χ0v) is 14.2. The Bertz CT molecular complexity index is 725. The molecule has 0 fully saturated rings. The molecule has 0 saturated carbocycles. The van der Waals surface area contributed by atoms with E-state index in [1.807, 2.05) is 49.4 Å². The van der Waals surface area contributed by atoms with E-state index in [1.165, 1.54) is 0 Å². The van der Waals surface area contributed by atoms with Crippen LogP contribution in [-0.2, 0) is 0 Å². The smallest absolute Gasteiger partial charge is 0.0485 e. The van der Waals surface area contributed by atoms with Gasteiger partial charge in [0.05, 0.1) is 0 Å². The van der Waals surface area contributed by atoms with Crippen molar-refractivity contribution in [3.05, 3.63) is 80.3 Å². The number of aryl methyl sites for hydroxylation is 1. The molecule has 3 aromatic carbocycles. The Kier molecular flexibility index (Phi) is 5.78. The zero-order chi connectivity index (χ0) is 15.4. The molecule has 0 aromatic heterocycles. The lowest BCUT2D eigenvalue weighted by Gasteiger charge is -2.00. The largest absolute Gasteiger partial charge is 0.0843 e. The summed E-state index contributed by atoms with van der Waals surface area (Å²) in [6.07, 6.45) is 0. The zero-order valence-electron chi connectivity index (χ0n) is 11.2. The van der Waals surface area contributed by atoms with Crippen molar-refractivity contribution in [3.63, 3.8) is 0 Å². The summed E-state index contributed by atoms with van der Waals surface area (Å²) >= 11 is 23.3. The highest BCUT2D eigenvalue weighted by atomic mass is 35.5. The quantitative estimate of drug-likeness (QED) is 0.392.